The first-order valence-electron chi connectivity index (χ1n) is 5.45. The lowest BCUT2D eigenvalue weighted by molar-refractivity contribution is 0.347. The summed E-state index contributed by atoms with van der Waals surface area (Å²) >= 11 is 4.93. The SMILES string of the molecule is COc1ccc(=O)n(CC2(CC(N)=S)CC2)n1. The molecule has 2 N–H and O–H groups in total. The lowest BCUT2D eigenvalue weighted by Crippen LogP contribution is -2.28. The van der Waals surface area contributed by atoms with Crippen LogP contribution in [0.4, 0.5) is 0 Å². The van der Waals surface area contributed by atoms with Crippen molar-refractivity contribution in [1.29, 1.82) is 0 Å². The predicted molar refractivity (Wildman–Crippen MR) is 68.1 cm³/mol. The lowest BCUT2D eigenvalue weighted by Gasteiger charge is -2.15. The second-order valence-electron chi connectivity index (χ2n) is 4.51. The van der Waals surface area contributed by atoms with Gasteiger partial charge < -0.3 is 10.5 Å². The summed E-state index contributed by atoms with van der Waals surface area (Å²) in [4.78, 5) is 12.2. The van der Waals surface area contributed by atoms with Crippen molar-refractivity contribution in [3.8, 4) is 5.88 Å². The summed E-state index contributed by atoms with van der Waals surface area (Å²) in [5.41, 5.74) is 5.48. The normalized spacial score (nSPS) is 16.5. The van der Waals surface area contributed by atoms with E-state index in [9.17, 15) is 4.79 Å². The fourth-order valence-electron chi connectivity index (χ4n) is 1.91. The van der Waals surface area contributed by atoms with Gasteiger partial charge in [0.05, 0.1) is 18.6 Å². The fourth-order valence-corrected chi connectivity index (χ4v) is 2.21. The van der Waals surface area contributed by atoms with E-state index in [1.54, 1.807) is 6.07 Å². The van der Waals surface area contributed by atoms with Gasteiger partial charge in [-0.2, -0.15) is 0 Å². The van der Waals surface area contributed by atoms with Crippen LogP contribution in [-0.2, 0) is 6.54 Å². The third-order valence-electron chi connectivity index (χ3n) is 3.04. The van der Waals surface area contributed by atoms with E-state index in [-0.39, 0.29) is 11.0 Å². The molecule has 1 aromatic heterocycles. The first kappa shape index (κ1) is 12.0. The summed E-state index contributed by atoms with van der Waals surface area (Å²) in [5.74, 6) is 0.440. The number of nitrogens with zero attached hydrogens (tertiary/aromatic N) is 2. The summed E-state index contributed by atoms with van der Waals surface area (Å²) in [7, 11) is 1.53. The highest BCUT2D eigenvalue weighted by Crippen LogP contribution is 2.49. The van der Waals surface area contributed by atoms with Crippen LogP contribution in [0.25, 0.3) is 0 Å². The highest BCUT2D eigenvalue weighted by Gasteiger charge is 2.43. The van der Waals surface area contributed by atoms with E-state index in [0.717, 1.165) is 12.8 Å². The van der Waals surface area contributed by atoms with Crippen molar-refractivity contribution in [3.05, 3.63) is 22.5 Å². The quantitative estimate of drug-likeness (QED) is 0.783. The molecule has 0 aromatic carbocycles. The molecule has 1 aliphatic rings. The average molecular weight is 253 g/mol. The molecule has 1 saturated carbocycles. The minimum atomic E-state index is -0.125. The van der Waals surface area contributed by atoms with E-state index in [2.05, 4.69) is 5.10 Å². The fraction of sp³-hybridized carbons (Fsp3) is 0.545. The molecule has 0 amide bonds. The number of ether oxygens (including phenoxy) is 1. The minimum absolute atomic E-state index is 0.0367. The Morgan fingerprint density at radius 3 is 2.88 bits per heavy atom. The maximum absolute atomic E-state index is 11.7. The molecule has 1 heterocycles. The molecule has 0 atom stereocenters. The molecular formula is C11H15N3O2S. The molecule has 1 aliphatic carbocycles. The van der Waals surface area contributed by atoms with Crippen LogP contribution in [0.5, 0.6) is 5.88 Å². The summed E-state index contributed by atoms with van der Waals surface area (Å²) in [5, 5.41) is 4.12. The zero-order valence-electron chi connectivity index (χ0n) is 9.68. The van der Waals surface area contributed by atoms with Gasteiger partial charge in [-0.15, -0.1) is 5.10 Å². The van der Waals surface area contributed by atoms with Crippen molar-refractivity contribution in [2.45, 2.75) is 25.8 Å². The van der Waals surface area contributed by atoms with Gasteiger partial charge in [0.1, 0.15) is 0 Å². The summed E-state index contributed by atoms with van der Waals surface area (Å²) in [6, 6.07) is 3.02. The number of rotatable bonds is 5. The van der Waals surface area contributed by atoms with Crippen LogP contribution in [0, 0.1) is 5.41 Å². The van der Waals surface area contributed by atoms with E-state index in [1.807, 2.05) is 0 Å². The first-order chi connectivity index (χ1) is 8.04. The van der Waals surface area contributed by atoms with Crippen LogP contribution in [0.15, 0.2) is 16.9 Å². The van der Waals surface area contributed by atoms with Gasteiger partial charge in [0.15, 0.2) is 0 Å². The van der Waals surface area contributed by atoms with Crippen LogP contribution < -0.4 is 16.0 Å². The zero-order chi connectivity index (χ0) is 12.5. The third kappa shape index (κ3) is 2.82. The van der Waals surface area contributed by atoms with Crippen LogP contribution >= 0.6 is 12.2 Å². The molecule has 17 heavy (non-hydrogen) atoms. The standard InChI is InChI=1S/C11H15N3O2S/c1-16-9-2-3-10(15)14(13-9)7-11(4-5-11)6-8(12)17/h2-3H,4-7H2,1H3,(H2,12,17). The second kappa shape index (κ2) is 4.44. The van der Waals surface area contributed by atoms with Gasteiger partial charge in [-0.05, 0) is 18.3 Å². The van der Waals surface area contributed by atoms with Crippen molar-refractivity contribution in [2.75, 3.05) is 7.11 Å². The smallest absolute Gasteiger partial charge is 0.266 e. The molecule has 1 fully saturated rings. The number of hydrogen-bond donors (Lipinski definition) is 1. The maximum atomic E-state index is 11.7. The largest absolute Gasteiger partial charge is 0.480 e. The topological polar surface area (TPSA) is 70.1 Å². The Morgan fingerprint density at radius 2 is 2.35 bits per heavy atom. The summed E-state index contributed by atoms with van der Waals surface area (Å²) in [6.07, 6.45) is 2.75. The number of aromatic nitrogens is 2. The van der Waals surface area contributed by atoms with Crippen LogP contribution in [0.1, 0.15) is 19.3 Å². The van der Waals surface area contributed by atoms with E-state index in [4.69, 9.17) is 22.7 Å². The third-order valence-corrected chi connectivity index (χ3v) is 3.19. The molecular weight excluding hydrogens is 238 g/mol. The van der Waals surface area contributed by atoms with Crippen molar-refractivity contribution < 1.29 is 4.74 Å². The van der Waals surface area contributed by atoms with Gasteiger partial charge in [-0.3, -0.25) is 4.79 Å². The molecule has 6 heteroatoms. The molecule has 1 aromatic rings. The molecule has 0 saturated heterocycles. The molecule has 0 aliphatic heterocycles. The van der Waals surface area contributed by atoms with E-state index in [0.29, 0.717) is 23.8 Å². The molecule has 0 unspecified atom stereocenters. The number of methoxy groups -OCH3 is 1. The van der Waals surface area contributed by atoms with Gasteiger partial charge in [0, 0.05) is 18.6 Å². The molecule has 0 spiro atoms. The summed E-state index contributed by atoms with van der Waals surface area (Å²) in [6.45, 7) is 0.556. The number of thiocarbonyl (C=S) groups is 1. The average Bonchev–Trinajstić information content (AvgIpc) is 3.00. The Hall–Kier alpha value is -1.43. The van der Waals surface area contributed by atoms with E-state index >= 15 is 0 Å². The van der Waals surface area contributed by atoms with Gasteiger partial charge in [0.25, 0.3) is 5.56 Å². The molecule has 92 valence electrons. The van der Waals surface area contributed by atoms with Crippen molar-refractivity contribution >= 4 is 17.2 Å². The van der Waals surface area contributed by atoms with Gasteiger partial charge in [-0.25, -0.2) is 4.68 Å². The lowest BCUT2D eigenvalue weighted by atomic mass is 10.0. The Balaban J connectivity index is 2.18. The van der Waals surface area contributed by atoms with E-state index in [1.165, 1.54) is 17.9 Å². The van der Waals surface area contributed by atoms with Crippen LogP contribution in [-0.4, -0.2) is 21.9 Å². The number of nitrogens with two attached hydrogens (primary N) is 1. The first-order valence-corrected chi connectivity index (χ1v) is 5.86. The van der Waals surface area contributed by atoms with Crippen molar-refractivity contribution in [2.24, 2.45) is 11.1 Å². The van der Waals surface area contributed by atoms with Gasteiger partial charge >= 0.3 is 0 Å². The highest BCUT2D eigenvalue weighted by molar-refractivity contribution is 7.80. The van der Waals surface area contributed by atoms with Crippen LogP contribution in [0.3, 0.4) is 0 Å². The van der Waals surface area contributed by atoms with Gasteiger partial charge in [0.2, 0.25) is 5.88 Å². The number of hydrogen-bond acceptors (Lipinski definition) is 4. The molecule has 0 bridgehead atoms. The van der Waals surface area contributed by atoms with Crippen LogP contribution in [0.2, 0.25) is 0 Å². The molecule has 2 rings (SSSR count). The Labute approximate surface area is 105 Å². The maximum Gasteiger partial charge on any atom is 0.266 e. The second-order valence-corrected chi connectivity index (χ2v) is 5.04. The molecule has 5 nitrogen and oxygen atoms in total. The van der Waals surface area contributed by atoms with Gasteiger partial charge in [-0.1, -0.05) is 12.2 Å². The zero-order valence-corrected chi connectivity index (χ0v) is 10.5. The minimum Gasteiger partial charge on any atom is -0.480 e. The Kier molecular flexibility index (Phi) is 3.15. The summed E-state index contributed by atoms with van der Waals surface area (Å²) < 4.78 is 6.44. The van der Waals surface area contributed by atoms with Crippen molar-refractivity contribution in [1.82, 2.24) is 9.78 Å². The molecule has 0 radical (unpaired) electrons. The monoisotopic (exact) mass is 253 g/mol. The predicted octanol–water partition coefficient (Wildman–Crippen LogP) is 0.708. The van der Waals surface area contributed by atoms with E-state index < -0.39 is 0 Å². The highest BCUT2D eigenvalue weighted by atomic mass is 32.1. The Bertz CT molecular complexity index is 494. The Morgan fingerprint density at radius 1 is 1.65 bits per heavy atom. The van der Waals surface area contributed by atoms with Crippen molar-refractivity contribution in [3.63, 3.8) is 0 Å².